The van der Waals surface area contributed by atoms with Crippen molar-refractivity contribution in [2.75, 3.05) is 6.61 Å². The zero-order valence-corrected chi connectivity index (χ0v) is 16.7. The first-order valence-corrected chi connectivity index (χ1v) is 9.46. The lowest BCUT2D eigenvalue weighted by atomic mass is 10.1. The molecule has 0 bridgehead atoms. The van der Waals surface area contributed by atoms with Gasteiger partial charge in [0.1, 0.15) is 17.2 Å². The van der Waals surface area contributed by atoms with E-state index in [9.17, 15) is 9.90 Å². The quantitative estimate of drug-likeness (QED) is 0.378. The molecule has 0 aliphatic rings. The Morgan fingerprint density at radius 3 is 2.82 bits per heavy atom. The van der Waals surface area contributed by atoms with Crippen LogP contribution in [-0.4, -0.2) is 34.0 Å². The van der Waals surface area contributed by atoms with Gasteiger partial charge in [-0.05, 0) is 55.0 Å². The second-order valence-electron chi connectivity index (χ2n) is 5.94. The molecule has 0 spiro atoms. The number of amides is 1. The average molecular weight is 443 g/mol. The van der Waals surface area contributed by atoms with Gasteiger partial charge in [-0.3, -0.25) is 9.89 Å². The van der Waals surface area contributed by atoms with Crippen molar-refractivity contribution < 1.29 is 14.6 Å². The maximum Gasteiger partial charge on any atom is 0.289 e. The molecule has 0 aliphatic heterocycles. The number of phenols is 1. The van der Waals surface area contributed by atoms with Gasteiger partial charge in [-0.15, -0.1) is 0 Å². The van der Waals surface area contributed by atoms with Gasteiger partial charge in [-0.25, -0.2) is 5.43 Å². The highest BCUT2D eigenvalue weighted by atomic mass is 79.9. The standard InChI is InChI=1S/C20H19BrN4O3/c1-2-9-28-16-6-3-13(4-7-16)17-11-18(24-23-17)20(27)25-22-12-14-10-15(21)5-8-19(14)26/h3-8,10-12,26H,2,9H2,1H3,(H,23,24)(H,25,27)/b22-12-. The van der Waals surface area contributed by atoms with Crippen molar-refractivity contribution in [3.63, 3.8) is 0 Å². The first-order valence-electron chi connectivity index (χ1n) is 8.67. The number of halogens is 1. The molecule has 0 saturated carbocycles. The lowest BCUT2D eigenvalue weighted by Crippen LogP contribution is -2.18. The number of nitrogens with one attached hydrogen (secondary N) is 2. The van der Waals surface area contributed by atoms with Gasteiger partial charge >= 0.3 is 0 Å². The second-order valence-corrected chi connectivity index (χ2v) is 6.86. The fourth-order valence-electron chi connectivity index (χ4n) is 2.38. The molecule has 0 atom stereocenters. The molecule has 0 unspecified atom stereocenters. The Balaban J connectivity index is 1.63. The fraction of sp³-hybridized carbons (Fsp3) is 0.150. The van der Waals surface area contributed by atoms with Crippen LogP contribution >= 0.6 is 15.9 Å². The number of aromatic hydroxyl groups is 1. The highest BCUT2D eigenvalue weighted by Gasteiger charge is 2.10. The topological polar surface area (TPSA) is 99.6 Å². The van der Waals surface area contributed by atoms with Gasteiger partial charge in [-0.1, -0.05) is 22.9 Å². The molecule has 0 aliphatic carbocycles. The lowest BCUT2D eigenvalue weighted by Gasteiger charge is -2.04. The van der Waals surface area contributed by atoms with E-state index in [0.29, 0.717) is 17.9 Å². The van der Waals surface area contributed by atoms with Gasteiger partial charge < -0.3 is 9.84 Å². The molecule has 3 rings (SSSR count). The summed E-state index contributed by atoms with van der Waals surface area (Å²) < 4.78 is 6.35. The maximum absolute atomic E-state index is 12.2. The number of carbonyl (C=O) groups excluding carboxylic acids is 1. The molecule has 28 heavy (non-hydrogen) atoms. The summed E-state index contributed by atoms with van der Waals surface area (Å²) in [4.78, 5) is 12.2. The van der Waals surface area contributed by atoms with Crippen molar-refractivity contribution in [3.05, 3.63) is 64.3 Å². The molecule has 0 fully saturated rings. The third kappa shape index (κ3) is 4.98. The van der Waals surface area contributed by atoms with Gasteiger partial charge in [0.2, 0.25) is 0 Å². The van der Waals surface area contributed by atoms with Crippen molar-refractivity contribution in [1.82, 2.24) is 15.6 Å². The van der Waals surface area contributed by atoms with Crippen molar-refractivity contribution in [3.8, 4) is 22.8 Å². The number of hydrogen-bond acceptors (Lipinski definition) is 5. The maximum atomic E-state index is 12.2. The highest BCUT2D eigenvalue weighted by molar-refractivity contribution is 9.10. The normalized spacial score (nSPS) is 10.9. The molecule has 1 aromatic heterocycles. The molecule has 7 nitrogen and oxygen atoms in total. The summed E-state index contributed by atoms with van der Waals surface area (Å²) in [6.07, 6.45) is 2.31. The number of benzene rings is 2. The Labute approximate surface area is 170 Å². The average Bonchev–Trinajstić information content (AvgIpc) is 3.19. The lowest BCUT2D eigenvalue weighted by molar-refractivity contribution is 0.0950. The van der Waals surface area contributed by atoms with Crippen LogP contribution in [0.25, 0.3) is 11.3 Å². The smallest absolute Gasteiger partial charge is 0.289 e. The Morgan fingerprint density at radius 1 is 1.29 bits per heavy atom. The number of H-pyrrole nitrogens is 1. The Morgan fingerprint density at radius 2 is 2.07 bits per heavy atom. The van der Waals surface area contributed by atoms with Crippen LogP contribution < -0.4 is 10.2 Å². The molecule has 3 N–H and O–H groups in total. The van der Waals surface area contributed by atoms with Crippen LogP contribution in [0.15, 0.2) is 58.1 Å². The Bertz CT molecular complexity index is 983. The Kier molecular flexibility index (Phi) is 6.44. The summed E-state index contributed by atoms with van der Waals surface area (Å²) in [7, 11) is 0. The number of hydrogen-bond donors (Lipinski definition) is 3. The van der Waals surface area contributed by atoms with Crippen LogP contribution in [-0.2, 0) is 0 Å². The summed E-state index contributed by atoms with van der Waals surface area (Å²) in [5.74, 6) is 0.424. The van der Waals surface area contributed by atoms with Crippen molar-refractivity contribution in [1.29, 1.82) is 0 Å². The van der Waals surface area contributed by atoms with Crippen LogP contribution in [0.1, 0.15) is 29.4 Å². The SMILES string of the molecule is CCCOc1ccc(-c2cc(C(=O)N/N=C\c3cc(Br)ccc3O)[nH]n2)cc1. The molecule has 2 aromatic carbocycles. The van der Waals surface area contributed by atoms with E-state index in [2.05, 4.69) is 43.6 Å². The van der Waals surface area contributed by atoms with Gasteiger partial charge in [-0.2, -0.15) is 10.2 Å². The van der Waals surface area contributed by atoms with Crippen LogP contribution in [0, 0.1) is 0 Å². The number of ether oxygens (including phenoxy) is 1. The summed E-state index contributed by atoms with van der Waals surface area (Å²) in [5.41, 5.74) is 4.66. The number of carbonyl (C=O) groups is 1. The molecule has 0 radical (unpaired) electrons. The molecular formula is C20H19BrN4O3. The van der Waals surface area contributed by atoms with Crippen LogP contribution in [0.4, 0.5) is 0 Å². The van der Waals surface area contributed by atoms with E-state index in [4.69, 9.17) is 4.74 Å². The number of aromatic nitrogens is 2. The number of hydrazone groups is 1. The molecule has 1 heterocycles. The van der Waals surface area contributed by atoms with E-state index in [1.54, 1.807) is 18.2 Å². The first-order chi connectivity index (χ1) is 13.6. The molecule has 144 valence electrons. The summed E-state index contributed by atoms with van der Waals surface area (Å²) in [6, 6.07) is 14.1. The summed E-state index contributed by atoms with van der Waals surface area (Å²) >= 11 is 3.31. The number of rotatable bonds is 7. The van der Waals surface area contributed by atoms with Gasteiger partial charge in [0, 0.05) is 15.6 Å². The fourth-order valence-corrected chi connectivity index (χ4v) is 2.76. The second kappa shape index (κ2) is 9.18. The minimum atomic E-state index is -0.438. The van der Waals surface area contributed by atoms with E-state index in [1.165, 1.54) is 12.3 Å². The van der Waals surface area contributed by atoms with Gasteiger partial charge in [0.15, 0.2) is 0 Å². The minimum absolute atomic E-state index is 0.0661. The molecule has 3 aromatic rings. The van der Waals surface area contributed by atoms with Crippen molar-refractivity contribution in [2.45, 2.75) is 13.3 Å². The van der Waals surface area contributed by atoms with Crippen molar-refractivity contribution in [2.24, 2.45) is 5.10 Å². The van der Waals surface area contributed by atoms with Crippen LogP contribution in [0.3, 0.4) is 0 Å². The zero-order valence-electron chi connectivity index (χ0n) is 15.1. The van der Waals surface area contributed by atoms with Crippen molar-refractivity contribution >= 4 is 28.1 Å². The predicted molar refractivity (Wildman–Crippen MR) is 111 cm³/mol. The van der Waals surface area contributed by atoms with E-state index in [-0.39, 0.29) is 11.4 Å². The van der Waals surface area contributed by atoms with E-state index in [0.717, 1.165) is 22.2 Å². The van der Waals surface area contributed by atoms with E-state index < -0.39 is 5.91 Å². The summed E-state index contributed by atoms with van der Waals surface area (Å²) in [6.45, 7) is 2.72. The Hall–Kier alpha value is -3.13. The number of nitrogens with zero attached hydrogens (tertiary/aromatic N) is 2. The first kappa shape index (κ1) is 19.6. The summed E-state index contributed by atoms with van der Waals surface area (Å²) in [5, 5.41) is 20.5. The molecular weight excluding hydrogens is 424 g/mol. The minimum Gasteiger partial charge on any atom is -0.507 e. The third-order valence-electron chi connectivity index (χ3n) is 3.80. The third-order valence-corrected chi connectivity index (χ3v) is 4.30. The van der Waals surface area contributed by atoms with Gasteiger partial charge in [0.05, 0.1) is 18.5 Å². The largest absolute Gasteiger partial charge is 0.507 e. The molecule has 1 amide bonds. The number of phenolic OH excluding ortho intramolecular Hbond substituents is 1. The highest BCUT2D eigenvalue weighted by Crippen LogP contribution is 2.22. The molecule has 0 saturated heterocycles. The van der Waals surface area contributed by atoms with Crippen LogP contribution in [0.5, 0.6) is 11.5 Å². The van der Waals surface area contributed by atoms with E-state index >= 15 is 0 Å². The predicted octanol–water partition coefficient (Wildman–Crippen LogP) is 4.10. The number of aromatic amines is 1. The van der Waals surface area contributed by atoms with Gasteiger partial charge in [0.25, 0.3) is 5.91 Å². The van der Waals surface area contributed by atoms with Crippen LogP contribution in [0.2, 0.25) is 0 Å². The molecule has 8 heteroatoms. The zero-order chi connectivity index (χ0) is 19.9. The van der Waals surface area contributed by atoms with E-state index in [1.807, 2.05) is 24.3 Å². The monoisotopic (exact) mass is 442 g/mol.